The number of hydrogen-bond acceptors (Lipinski definition) is 6. The predicted molar refractivity (Wildman–Crippen MR) is 151 cm³/mol. The predicted octanol–water partition coefficient (Wildman–Crippen LogP) is 4.15. The van der Waals surface area contributed by atoms with Crippen LogP contribution in [-0.2, 0) is 30.3 Å². The molecule has 2 aromatic carbocycles. The van der Waals surface area contributed by atoms with Gasteiger partial charge in [-0.25, -0.2) is 4.79 Å². The second kappa shape index (κ2) is 13.5. The van der Waals surface area contributed by atoms with E-state index in [0.717, 1.165) is 36.0 Å². The van der Waals surface area contributed by atoms with Crippen molar-refractivity contribution < 1.29 is 28.7 Å². The molecule has 40 heavy (non-hydrogen) atoms. The Bertz CT molecular complexity index is 1200. The van der Waals surface area contributed by atoms with Crippen LogP contribution in [-0.4, -0.2) is 60.1 Å². The van der Waals surface area contributed by atoms with E-state index in [-0.39, 0.29) is 19.0 Å². The molecule has 2 atom stereocenters. The molecule has 0 bridgehead atoms. The number of esters is 1. The molecule has 2 aromatic rings. The van der Waals surface area contributed by atoms with Gasteiger partial charge in [-0.05, 0) is 76.1 Å². The topological polar surface area (TPSA) is 114 Å². The molecule has 0 heterocycles. The quantitative estimate of drug-likeness (QED) is 0.429. The van der Waals surface area contributed by atoms with Crippen LogP contribution in [0.5, 0.6) is 0 Å². The zero-order chi connectivity index (χ0) is 29.4. The van der Waals surface area contributed by atoms with Crippen molar-refractivity contribution in [1.82, 2.24) is 15.5 Å². The lowest BCUT2D eigenvalue weighted by molar-refractivity contribution is -0.148. The molecule has 0 aliphatic heterocycles. The van der Waals surface area contributed by atoms with Gasteiger partial charge in [-0.1, -0.05) is 48.5 Å². The number of carbonyl (C=O) groups is 4. The Kier molecular flexibility index (Phi) is 10.3. The van der Waals surface area contributed by atoms with Gasteiger partial charge in [-0.3, -0.25) is 14.4 Å². The highest BCUT2D eigenvalue weighted by Gasteiger charge is 2.42. The van der Waals surface area contributed by atoms with Gasteiger partial charge < -0.3 is 25.0 Å². The van der Waals surface area contributed by atoms with E-state index in [9.17, 15) is 19.2 Å². The standard InChI is InChI=1S/C31H41N3O6/c1-20-12-10-17-24(21(20)2)27(28(36)32-19-26(35)39-6)34(23-15-11-16-23)29(37)25(18-22-13-8-7-9-14-22)33-30(38)40-31(3,4)5/h7-10,12-14,17,23,25,27H,11,15-16,18-19H2,1-6H3,(H,32,36)(H,33,38). The van der Waals surface area contributed by atoms with E-state index in [4.69, 9.17) is 9.47 Å². The number of alkyl carbamates (subject to hydrolysis) is 1. The molecule has 1 saturated carbocycles. The lowest BCUT2D eigenvalue weighted by atomic mass is 9.86. The van der Waals surface area contributed by atoms with E-state index >= 15 is 0 Å². The van der Waals surface area contributed by atoms with Crippen molar-refractivity contribution in [2.75, 3.05) is 13.7 Å². The Morgan fingerprint density at radius 2 is 1.68 bits per heavy atom. The van der Waals surface area contributed by atoms with Gasteiger partial charge in [-0.15, -0.1) is 0 Å². The highest BCUT2D eigenvalue weighted by molar-refractivity contribution is 5.94. The molecular weight excluding hydrogens is 510 g/mol. The van der Waals surface area contributed by atoms with Gasteiger partial charge >= 0.3 is 12.1 Å². The molecule has 1 aliphatic rings. The molecule has 0 spiro atoms. The van der Waals surface area contributed by atoms with Crippen LogP contribution in [0.15, 0.2) is 48.5 Å². The van der Waals surface area contributed by atoms with Crippen LogP contribution in [0.1, 0.15) is 68.3 Å². The minimum atomic E-state index is -1.01. The summed E-state index contributed by atoms with van der Waals surface area (Å²) in [7, 11) is 1.25. The van der Waals surface area contributed by atoms with E-state index in [2.05, 4.69) is 10.6 Å². The third-order valence-electron chi connectivity index (χ3n) is 7.10. The number of rotatable bonds is 10. The van der Waals surface area contributed by atoms with Crippen LogP contribution in [0.2, 0.25) is 0 Å². The average Bonchev–Trinajstić information content (AvgIpc) is 2.86. The third kappa shape index (κ3) is 8.07. The Hall–Kier alpha value is -3.88. The van der Waals surface area contributed by atoms with E-state index < -0.39 is 41.6 Å². The molecule has 9 nitrogen and oxygen atoms in total. The van der Waals surface area contributed by atoms with E-state index in [1.165, 1.54) is 7.11 Å². The fourth-order valence-electron chi connectivity index (χ4n) is 4.68. The summed E-state index contributed by atoms with van der Waals surface area (Å²) in [5.41, 5.74) is 2.60. The molecular formula is C31H41N3O6. The maximum absolute atomic E-state index is 14.5. The summed E-state index contributed by atoms with van der Waals surface area (Å²) in [6.07, 6.45) is 1.87. The molecule has 1 fully saturated rings. The van der Waals surface area contributed by atoms with Crippen molar-refractivity contribution in [2.24, 2.45) is 0 Å². The number of hydrogen-bond donors (Lipinski definition) is 2. The SMILES string of the molecule is COC(=O)CNC(=O)C(c1cccc(C)c1C)N(C(=O)C(Cc1ccccc1)NC(=O)OC(C)(C)C)C1CCC1. The second-order valence-electron chi connectivity index (χ2n) is 11.2. The lowest BCUT2D eigenvalue weighted by Crippen LogP contribution is -2.58. The first kappa shape index (κ1) is 30.7. The summed E-state index contributed by atoms with van der Waals surface area (Å²) >= 11 is 0. The van der Waals surface area contributed by atoms with Gasteiger partial charge in [0.2, 0.25) is 11.8 Å². The average molecular weight is 552 g/mol. The molecule has 3 rings (SSSR count). The Morgan fingerprint density at radius 3 is 2.25 bits per heavy atom. The van der Waals surface area contributed by atoms with Gasteiger partial charge in [0.05, 0.1) is 7.11 Å². The van der Waals surface area contributed by atoms with Crippen LogP contribution in [0.25, 0.3) is 0 Å². The van der Waals surface area contributed by atoms with E-state index in [1.54, 1.807) is 25.7 Å². The number of nitrogens with one attached hydrogen (secondary N) is 2. The van der Waals surface area contributed by atoms with Crippen LogP contribution in [0.3, 0.4) is 0 Å². The molecule has 0 radical (unpaired) electrons. The number of aryl methyl sites for hydroxylation is 1. The lowest BCUT2D eigenvalue weighted by Gasteiger charge is -2.44. The largest absolute Gasteiger partial charge is 0.468 e. The smallest absolute Gasteiger partial charge is 0.408 e. The van der Waals surface area contributed by atoms with Crippen molar-refractivity contribution in [3.63, 3.8) is 0 Å². The molecule has 2 N–H and O–H groups in total. The number of ether oxygens (including phenoxy) is 2. The summed E-state index contributed by atoms with van der Waals surface area (Å²) in [5.74, 6) is -1.48. The van der Waals surface area contributed by atoms with Gasteiger partial charge in [0.1, 0.15) is 24.2 Å². The van der Waals surface area contributed by atoms with E-state index in [0.29, 0.717) is 5.56 Å². The summed E-state index contributed by atoms with van der Waals surface area (Å²) in [6, 6.07) is 12.8. The van der Waals surface area contributed by atoms with Crippen molar-refractivity contribution in [1.29, 1.82) is 0 Å². The van der Waals surface area contributed by atoms with Gasteiger partial charge in [-0.2, -0.15) is 0 Å². The molecule has 2 unspecified atom stereocenters. The number of nitrogens with zero attached hydrogens (tertiary/aromatic N) is 1. The van der Waals surface area contributed by atoms with Gasteiger partial charge in [0.15, 0.2) is 0 Å². The second-order valence-corrected chi connectivity index (χ2v) is 11.2. The van der Waals surface area contributed by atoms with Gasteiger partial charge in [0, 0.05) is 12.5 Å². The summed E-state index contributed by atoms with van der Waals surface area (Å²) in [6.45, 7) is 8.79. The molecule has 3 amide bonds. The first-order chi connectivity index (χ1) is 18.9. The number of carbonyl (C=O) groups excluding carboxylic acids is 4. The number of amides is 3. The number of methoxy groups -OCH3 is 1. The molecule has 1 aliphatic carbocycles. The molecule has 216 valence electrons. The minimum Gasteiger partial charge on any atom is -0.468 e. The van der Waals surface area contributed by atoms with Gasteiger partial charge in [0.25, 0.3) is 0 Å². The number of benzene rings is 2. The van der Waals surface area contributed by atoms with Crippen LogP contribution < -0.4 is 10.6 Å². The normalized spacial score (nSPS) is 14.8. The minimum absolute atomic E-state index is 0.208. The fourth-order valence-corrected chi connectivity index (χ4v) is 4.68. The Morgan fingerprint density at radius 1 is 1.00 bits per heavy atom. The zero-order valence-corrected chi connectivity index (χ0v) is 24.3. The molecule has 9 heteroatoms. The van der Waals surface area contributed by atoms with Crippen LogP contribution in [0, 0.1) is 13.8 Å². The highest BCUT2D eigenvalue weighted by Crippen LogP contribution is 2.35. The highest BCUT2D eigenvalue weighted by atomic mass is 16.6. The van der Waals surface area contributed by atoms with Crippen molar-refractivity contribution in [3.05, 3.63) is 70.8 Å². The fraction of sp³-hybridized carbons (Fsp3) is 0.484. The monoisotopic (exact) mass is 551 g/mol. The van der Waals surface area contributed by atoms with Crippen LogP contribution in [0.4, 0.5) is 4.79 Å². The maximum Gasteiger partial charge on any atom is 0.408 e. The zero-order valence-electron chi connectivity index (χ0n) is 24.3. The van der Waals surface area contributed by atoms with Crippen LogP contribution >= 0.6 is 0 Å². The Labute approximate surface area is 236 Å². The Balaban J connectivity index is 2.06. The summed E-state index contributed by atoms with van der Waals surface area (Å²) in [5, 5.41) is 5.44. The van der Waals surface area contributed by atoms with Crippen molar-refractivity contribution in [2.45, 2.75) is 84.0 Å². The first-order valence-corrected chi connectivity index (χ1v) is 13.7. The summed E-state index contributed by atoms with van der Waals surface area (Å²) < 4.78 is 10.2. The molecule has 0 saturated heterocycles. The first-order valence-electron chi connectivity index (χ1n) is 13.7. The maximum atomic E-state index is 14.5. The van der Waals surface area contributed by atoms with E-state index in [1.807, 2.05) is 62.4 Å². The molecule has 0 aromatic heterocycles. The third-order valence-corrected chi connectivity index (χ3v) is 7.10. The summed E-state index contributed by atoms with van der Waals surface area (Å²) in [4.78, 5) is 54.6. The van der Waals surface area contributed by atoms with Crippen molar-refractivity contribution >= 4 is 23.9 Å². The van der Waals surface area contributed by atoms with Crippen molar-refractivity contribution in [3.8, 4) is 0 Å².